The Kier molecular flexibility index (Phi) is 4.67. The SMILES string of the molecule is CNc1cc(C(F)(F)F)cc(NCCc2ccccc2)n1. The van der Waals surface area contributed by atoms with Crippen LogP contribution in [-0.4, -0.2) is 18.6 Å². The summed E-state index contributed by atoms with van der Waals surface area (Å²) in [4.78, 5) is 4.07. The number of hydrogen-bond donors (Lipinski definition) is 2. The summed E-state index contributed by atoms with van der Waals surface area (Å²) in [6.07, 6.45) is -3.67. The molecule has 6 heteroatoms. The van der Waals surface area contributed by atoms with Crippen molar-refractivity contribution in [1.82, 2.24) is 4.98 Å². The van der Waals surface area contributed by atoms with Gasteiger partial charge in [-0.3, -0.25) is 0 Å². The van der Waals surface area contributed by atoms with E-state index in [0.29, 0.717) is 13.0 Å². The molecule has 0 saturated carbocycles. The molecule has 3 nitrogen and oxygen atoms in total. The number of hydrogen-bond acceptors (Lipinski definition) is 3. The highest BCUT2D eigenvalue weighted by atomic mass is 19.4. The lowest BCUT2D eigenvalue weighted by Crippen LogP contribution is -2.11. The van der Waals surface area contributed by atoms with Gasteiger partial charge in [0.15, 0.2) is 0 Å². The van der Waals surface area contributed by atoms with Crippen LogP contribution in [0.15, 0.2) is 42.5 Å². The average Bonchev–Trinajstić information content (AvgIpc) is 2.47. The van der Waals surface area contributed by atoms with Crippen LogP contribution in [-0.2, 0) is 12.6 Å². The van der Waals surface area contributed by atoms with E-state index in [2.05, 4.69) is 15.6 Å². The first kappa shape index (κ1) is 15.2. The molecule has 0 amide bonds. The molecule has 1 heterocycles. The van der Waals surface area contributed by atoms with E-state index in [0.717, 1.165) is 17.7 Å². The van der Waals surface area contributed by atoms with Gasteiger partial charge in [0.25, 0.3) is 0 Å². The molecule has 21 heavy (non-hydrogen) atoms. The Balaban J connectivity index is 2.05. The van der Waals surface area contributed by atoms with Gasteiger partial charge in [-0.1, -0.05) is 30.3 Å². The topological polar surface area (TPSA) is 37.0 Å². The summed E-state index contributed by atoms with van der Waals surface area (Å²) >= 11 is 0. The van der Waals surface area contributed by atoms with Gasteiger partial charge in [0.1, 0.15) is 11.6 Å². The number of anilines is 2. The molecule has 0 spiro atoms. The van der Waals surface area contributed by atoms with Crippen LogP contribution in [0, 0.1) is 0 Å². The monoisotopic (exact) mass is 295 g/mol. The van der Waals surface area contributed by atoms with Crippen molar-refractivity contribution >= 4 is 11.6 Å². The minimum Gasteiger partial charge on any atom is -0.373 e. The second-order valence-electron chi connectivity index (χ2n) is 4.54. The number of alkyl halides is 3. The molecule has 0 bridgehead atoms. The summed E-state index contributed by atoms with van der Waals surface area (Å²) in [6, 6.07) is 11.7. The first-order valence-electron chi connectivity index (χ1n) is 6.54. The molecule has 2 aromatic rings. The van der Waals surface area contributed by atoms with Crippen LogP contribution in [0.2, 0.25) is 0 Å². The second kappa shape index (κ2) is 6.47. The third-order valence-electron chi connectivity index (χ3n) is 2.97. The zero-order valence-electron chi connectivity index (χ0n) is 11.5. The number of pyridine rings is 1. The van der Waals surface area contributed by atoms with Gasteiger partial charge in [0, 0.05) is 13.6 Å². The Bertz CT molecular complexity index is 582. The molecule has 2 N–H and O–H groups in total. The van der Waals surface area contributed by atoms with Crippen molar-refractivity contribution in [3.05, 3.63) is 53.6 Å². The standard InChI is InChI=1S/C15H16F3N3/c1-19-13-9-12(15(16,17)18)10-14(21-13)20-8-7-11-5-3-2-4-6-11/h2-6,9-10H,7-8H2,1H3,(H2,19,20,21). The van der Waals surface area contributed by atoms with Crippen molar-refractivity contribution in [3.63, 3.8) is 0 Å². The van der Waals surface area contributed by atoms with E-state index in [1.54, 1.807) is 0 Å². The summed E-state index contributed by atoms with van der Waals surface area (Å²) in [5, 5.41) is 5.57. The number of benzene rings is 1. The summed E-state index contributed by atoms with van der Waals surface area (Å²) in [6.45, 7) is 0.515. The Morgan fingerprint density at radius 1 is 1.05 bits per heavy atom. The maximum atomic E-state index is 12.8. The maximum Gasteiger partial charge on any atom is 0.416 e. The molecular weight excluding hydrogens is 279 g/mol. The molecule has 0 saturated heterocycles. The van der Waals surface area contributed by atoms with Crippen molar-refractivity contribution in [2.45, 2.75) is 12.6 Å². The minimum atomic E-state index is -4.38. The van der Waals surface area contributed by atoms with Gasteiger partial charge in [-0.15, -0.1) is 0 Å². The van der Waals surface area contributed by atoms with Crippen LogP contribution in [0.3, 0.4) is 0 Å². The van der Waals surface area contributed by atoms with E-state index in [9.17, 15) is 13.2 Å². The predicted octanol–water partition coefficient (Wildman–Crippen LogP) is 3.80. The fraction of sp³-hybridized carbons (Fsp3) is 0.267. The van der Waals surface area contributed by atoms with E-state index in [1.165, 1.54) is 7.05 Å². The smallest absolute Gasteiger partial charge is 0.373 e. The zero-order valence-corrected chi connectivity index (χ0v) is 11.5. The van der Waals surface area contributed by atoms with E-state index in [1.807, 2.05) is 30.3 Å². The van der Waals surface area contributed by atoms with Crippen LogP contribution < -0.4 is 10.6 Å². The number of nitrogens with one attached hydrogen (secondary N) is 2. The summed E-state index contributed by atoms with van der Waals surface area (Å²) < 4.78 is 38.4. The van der Waals surface area contributed by atoms with E-state index >= 15 is 0 Å². The van der Waals surface area contributed by atoms with Gasteiger partial charge in [-0.05, 0) is 24.1 Å². The van der Waals surface area contributed by atoms with Crippen LogP contribution >= 0.6 is 0 Å². The van der Waals surface area contributed by atoms with Crippen LogP contribution in [0.1, 0.15) is 11.1 Å². The van der Waals surface area contributed by atoms with Gasteiger partial charge in [0.2, 0.25) is 0 Å². The van der Waals surface area contributed by atoms with Crippen LogP contribution in [0.5, 0.6) is 0 Å². The van der Waals surface area contributed by atoms with E-state index < -0.39 is 11.7 Å². The third-order valence-corrected chi connectivity index (χ3v) is 2.97. The summed E-state index contributed by atoms with van der Waals surface area (Å²) in [5.41, 5.74) is 0.398. The number of aromatic nitrogens is 1. The number of nitrogens with zero attached hydrogens (tertiary/aromatic N) is 1. The zero-order chi connectivity index (χ0) is 15.3. The largest absolute Gasteiger partial charge is 0.416 e. The highest BCUT2D eigenvalue weighted by Crippen LogP contribution is 2.31. The lowest BCUT2D eigenvalue weighted by molar-refractivity contribution is -0.137. The molecule has 0 aliphatic carbocycles. The van der Waals surface area contributed by atoms with E-state index in [-0.39, 0.29) is 11.6 Å². The van der Waals surface area contributed by atoms with Gasteiger partial charge >= 0.3 is 6.18 Å². The molecular formula is C15H16F3N3. The van der Waals surface area contributed by atoms with Crippen molar-refractivity contribution in [2.75, 3.05) is 24.2 Å². The number of halogens is 3. The highest BCUT2D eigenvalue weighted by Gasteiger charge is 2.31. The molecule has 1 aromatic heterocycles. The molecule has 0 aliphatic heterocycles. The summed E-state index contributed by atoms with van der Waals surface area (Å²) in [7, 11) is 1.54. The van der Waals surface area contributed by atoms with Crippen molar-refractivity contribution in [3.8, 4) is 0 Å². The van der Waals surface area contributed by atoms with Gasteiger partial charge in [-0.2, -0.15) is 13.2 Å². The molecule has 112 valence electrons. The van der Waals surface area contributed by atoms with Crippen LogP contribution in [0.4, 0.5) is 24.8 Å². The Morgan fingerprint density at radius 2 is 1.71 bits per heavy atom. The molecule has 0 radical (unpaired) electrons. The third kappa shape index (κ3) is 4.37. The number of rotatable bonds is 5. The molecule has 0 atom stereocenters. The van der Waals surface area contributed by atoms with Gasteiger partial charge in [-0.25, -0.2) is 4.98 Å². The van der Waals surface area contributed by atoms with Crippen molar-refractivity contribution in [1.29, 1.82) is 0 Å². The fourth-order valence-electron chi connectivity index (χ4n) is 1.89. The molecule has 0 unspecified atom stereocenters. The lowest BCUT2D eigenvalue weighted by Gasteiger charge is -2.12. The first-order chi connectivity index (χ1) is 9.99. The molecule has 0 fully saturated rings. The van der Waals surface area contributed by atoms with Crippen LogP contribution in [0.25, 0.3) is 0 Å². The minimum absolute atomic E-state index is 0.187. The highest BCUT2D eigenvalue weighted by molar-refractivity contribution is 5.49. The Morgan fingerprint density at radius 3 is 2.33 bits per heavy atom. The predicted molar refractivity (Wildman–Crippen MR) is 77.4 cm³/mol. The maximum absolute atomic E-state index is 12.8. The van der Waals surface area contributed by atoms with Crippen molar-refractivity contribution < 1.29 is 13.2 Å². The first-order valence-corrected chi connectivity index (χ1v) is 6.54. The molecule has 0 aliphatic rings. The molecule has 2 rings (SSSR count). The fourth-order valence-corrected chi connectivity index (χ4v) is 1.89. The quantitative estimate of drug-likeness (QED) is 0.881. The molecule has 1 aromatic carbocycles. The second-order valence-corrected chi connectivity index (χ2v) is 4.54. The van der Waals surface area contributed by atoms with E-state index in [4.69, 9.17) is 0 Å². The Labute approximate surface area is 121 Å². The lowest BCUT2D eigenvalue weighted by atomic mass is 10.1. The normalized spacial score (nSPS) is 11.2. The van der Waals surface area contributed by atoms with Gasteiger partial charge in [0.05, 0.1) is 5.56 Å². The summed E-state index contributed by atoms with van der Waals surface area (Å²) in [5.74, 6) is 0.400. The van der Waals surface area contributed by atoms with Gasteiger partial charge < -0.3 is 10.6 Å². The Hall–Kier alpha value is -2.24. The van der Waals surface area contributed by atoms with Crippen molar-refractivity contribution in [2.24, 2.45) is 0 Å². The average molecular weight is 295 g/mol.